The molecule has 3 nitrogen and oxygen atoms in total. The van der Waals surface area contributed by atoms with E-state index in [-0.39, 0.29) is 6.10 Å². The molecule has 0 saturated carbocycles. The van der Waals surface area contributed by atoms with E-state index in [1.807, 2.05) is 0 Å². The number of rotatable bonds is 2. The van der Waals surface area contributed by atoms with Crippen LogP contribution in [0.4, 0.5) is 0 Å². The Balaban J connectivity index is 2.24. The summed E-state index contributed by atoms with van der Waals surface area (Å²) in [7, 11) is 1.60. The van der Waals surface area contributed by atoms with Crippen LogP contribution in [0.2, 0.25) is 0 Å². The molecule has 1 saturated heterocycles. The molecule has 2 unspecified atom stereocenters. The highest BCUT2D eigenvalue weighted by molar-refractivity contribution is 8.09. The van der Waals surface area contributed by atoms with Crippen molar-refractivity contribution in [3.63, 3.8) is 0 Å². The minimum absolute atomic E-state index is 0.0198. The molecule has 0 bridgehead atoms. The molecule has 1 N–H and O–H groups in total. The van der Waals surface area contributed by atoms with Crippen molar-refractivity contribution >= 4 is 18.4 Å². The Morgan fingerprint density at radius 3 is 2.81 bits per heavy atom. The lowest BCUT2D eigenvalue weighted by atomic mass is 10.0. The van der Waals surface area contributed by atoms with E-state index < -0.39 is 6.64 Å². The molecule has 1 aliphatic heterocycles. The molecule has 1 aromatic carbocycles. The van der Waals surface area contributed by atoms with Crippen molar-refractivity contribution in [3.8, 4) is 0 Å². The number of benzene rings is 1. The normalized spacial score (nSPS) is 29.6. The second-order valence-electron chi connectivity index (χ2n) is 4.00. The van der Waals surface area contributed by atoms with E-state index in [0.717, 1.165) is 6.54 Å². The van der Waals surface area contributed by atoms with E-state index in [1.54, 1.807) is 7.11 Å². The van der Waals surface area contributed by atoms with E-state index in [9.17, 15) is 0 Å². The number of nitrogens with one attached hydrogen (secondary N) is 1. The van der Waals surface area contributed by atoms with Crippen molar-refractivity contribution < 1.29 is 9.05 Å². The first-order valence-corrected chi connectivity index (χ1v) is 7.84. The van der Waals surface area contributed by atoms with Crippen LogP contribution in [-0.2, 0) is 20.9 Å². The highest BCUT2D eigenvalue weighted by Gasteiger charge is 2.32. The third kappa shape index (κ3) is 2.36. The average molecular weight is 257 g/mol. The molecule has 5 heteroatoms. The maximum Gasteiger partial charge on any atom is 0.261 e. The molecule has 2 atom stereocenters. The fourth-order valence-corrected chi connectivity index (χ4v) is 3.64. The first-order chi connectivity index (χ1) is 7.54. The molecular weight excluding hydrogens is 241 g/mol. The number of aryl methyl sites for hydroxylation is 2. The Morgan fingerprint density at radius 1 is 1.50 bits per heavy atom. The van der Waals surface area contributed by atoms with Crippen LogP contribution >= 0.6 is 6.64 Å². The summed E-state index contributed by atoms with van der Waals surface area (Å²) >= 11 is 5.27. The second-order valence-corrected chi connectivity index (χ2v) is 7.33. The van der Waals surface area contributed by atoms with Crippen LogP contribution < -0.4 is 5.09 Å². The lowest BCUT2D eigenvalue weighted by molar-refractivity contribution is 0.233. The highest BCUT2D eigenvalue weighted by atomic mass is 32.5. The summed E-state index contributed by atoms with van der Waals surface area (Å²) in [6.07, 6.45) is 0.0198. The average Bonchev–Trinajstić information content (AvgIpc) is 2.62. The van der Waals surface area contributed by atoms with Crippen LogP contribution in [-0.4, -0.2) is 13.7 Å². The molecule has 2 rings (SSSR count). The maximum absolute atomic E-state index is 5.80. The van der Waals surface area contributed by atoms with Crippen LogP contribution in [0.15, 0.2) is 18.2 Å². The summed E-state index contributed by atoms with van der Waals surface area (Å²) < 4.78 is 11.0. The van der Waals surface area contributed by atoms with Crippen molar-refractivity contribution in [1.82, 2.24) is 5.09 Å². The van der Waals surface area contributed by atoms with Crippen LogP contribution in [0.25, 0.3) is 0 Å². The molecule has 1 aliphatic rings. The monoisotopic (exact) mass is 257 g/mol. The van der Waals surface area contributed by atoms with Gasteiger partial charge in [0.25, 0.3) is 6.64 Å². The maximum atomic E-state index is 5.80. The zero-order valence-corrected chi connectivity index (χ0v) is 11.4. The van der Waals surface area contributed by atoms with Gasteiger partial charge >= 0.3 is 0 Å². The van der Waals surface area contributed by atoms with Gasteiger partial charge in [0.15, 0.2) is 0 Å². The van der Waals surface area contributed by atoms with Crippen molar-refractivity contribution in [2.45, 2.75) is 20.0 Å². The molecule has 0 amide bonds. The standard InChI is InChI=1S/C11H16NO2PS/c1-8-4-5-10(9(2)6-8)11-7-12-15(16,13-3)14-11/h4-6,11H,7H2,1-3H3,(H,12,16). The molecular formula is C11H16NO2PS. The fourth-order valence-electron chi connectivity index (χ4n) is 1.90. The summed E-state index contributed by atoms with van der Waals surface area (Å²) in [5.41, 5.74) is 3.70. The predicted molar refractivity (Wildman–Crippen MR) is 69.0 cm³/mol. The zero-order valence-electron chi connectivity index (χ0n) is 9.69. The summed E-state index contributed by atoms with van der Waals surface area (Å²) in [6.45, 7) is 2.70. The van der Waals surface area contributed by atoms with E-state index in [2.05, 4.69) is 37.1 Å². The third-order valence-electron chi connectivity index (χ3n) is 2.75. The molecule has 0 spiro atoms. The smallest absolute Gasteiger partial charge is 0.261 e. The van der Waals surface area contributed by atoms with Gasteiger partial charge in [-0.2, -0.15) is 0 Å². The molecule has 88 valence electrons. The Labute approximate surface area is 101 Å². The summed E-state index contributed by atoms with van der Waals surface area (Å²) in [5.74, 6) is 0. The van der Waals surface area contributed by atoms with Gasteiger partial charge in [-0.3, -0.25) is 0 Å². The van der Waals surface area contributed by atoms with Crippen molar-refractivity contribution in [3.05, 3.63) is 34.9 Å². The zero-order chi connectivity index (χ0) is 11.8. The van der Waals surface area contributed by atoms with E-state index in [1.165, 1.54) is 16.7 Å². The van der Waals surface area contributed by atoms with Gasteiger partial charge < -0.3 is 9.05 Å². The first kappa shape index (κ1) is 12.2. The van der Waals surface area contributed by atoms with Gasteiger partial charge in [0.05, 0.1) is 0 Å². The molecule has 16 heavy (non-hydrogen) atoms. The van der Waals surface area contributed by atoms with Crippen LogP contribution in [0, 0.1) is 13.8 Å². The largest absolute Gasteiger partial charge is 0.321 e. The molecule has 0 radical (unpaired) electrons. The lowest BCUT2D eigenvalue weighted by Crippen LogP contribution is -2.07. The van der Waals surface area contributed by atoms with Crippen molar-refractivity contribution in [2.75, 3.05) is 13.7 Å². The lowest BCUT2D eigenvalue weighted by Gasteiger charge is -2.15. The molecule has 1 fully saturated rings. The second kappa shape index (κ2) is 4.55. The van der Waals surface area contributed by atoms with Gasteiger partial charge in [-0.15, -0.1) is 0 Å². The van der Waals surface area contributed by atoms with Gasteiger partial charge in [-0.05, 0) is 36.8 Å². The van der Waals surface area contributed by atoms with Gasteiger partial charge in [-0.25, -0.2) is 5.09 Å². The third-order valence-corrected chi connectivity index (χ3v) is 5.42. The van der Waals surface area contributed by atoms with Gasteiger partial charge in [0.1, 0.15) is 6.10 Å². The summed E-state index contributed by atoms with van der Waals surface area (Å²) in [6, 6.07) is 6.37. The minimum atomic E-state index is -2.22. The van der Waals surface area contributed by atoms with Gasteiger partial charge in [0, 0.05) is 13.7 Å². The highest BCUT2D eigenvalue weighted by Crippen LogP contribution is 2.52. The van der Waals surface area contributed by atoms with Gasteiger partial charge in [0.2, 0.25) is 0 Å². The Morgan fingerprint density at radius 2 is 2.25 bits per heavy atom. The van der Waals surface area contributed by atoms with E-state index in [4.69, 9.17) is 20.9 Å². The van der Waals surface area contributed by atoms with Gasteiger partial charge in [-0.1, -0.05) is 23.8 Å². The van der Waals surface area contributed by atoms with Crippen LogP contribution in [0.5, 0.6) is 0 Å². The summed E-state index contributed by atoms with van der Waals surface area (Å²) in [4.78, 5) is 0. The Hall–Kier alpha value is -0.250. The molecule has 0 aromatic heterocycles. The van der Waals surface area contributed by atoms with E-state index >= 15 is 0 Å². The topological polar surface area (TPSA) is 30.5 Å². The van der Waals surface area contributed by atoms with Crippen LogP contribution in [0.3, 0.4) is 0 Å². The Bertz CT molecular complexity index is 450. The van der Waals surface area contributed by atoms with E-state index in [0.29, 0.717) is 0 Å². The SMILES string of the molecule is COP1(=S)NCC(c2ccc(C)cc2C)O1. The molecule has 0 aliphatic carbocycles. The predicted octanol–water partition coefficient (Wildman–Crippen LogP) is 2.84. The molecule has 1 heterocycles. The molecule has 1 aromatic rings. The minimum Gasteiger partial charge on any atom is -0.321 e. The quantitative estimate of drug-likeness (QED) is 0.825. The Kier molecular flexibility index (Phi) is 3.48. The summed E-state index contributed by atoms with van der Waals surface area (Å²) in [5, 5.41) is 3.15. The fraction of sp³-hybridized carbons (Fsp3) is 0.455. The number of hydrogen-bond acceptors (Lipinski definition) is 3. The van der Waals surface area contributed by atoms with Crippen LogP contribution in [0.1, 0.15) is 22.8 Å². The van der Waals surface area contributed by atoms with Crippen molar-refractivity contribution in [1.29, 1.82) is 0 Å². The van der Waals surface area contributed by atoms with Crippen molar-refractivity contribution in [2.24, 2.45) is 0 Å². The number of hydrogen-bond donors (Lipinski definition) is 1. The first-order valence-electron chi connectivity index (χ1n) is 5.20.